The molecule has 1 aliphatic rings. The zero-order valence-electron chi connectivity index (χ0n) is 7.70. The van der Waals surface area contributed by atoms with Crippen molar-refractivity contribution < 1.29 is 4.57 Å². The summed E-state index contributed by atoms with van der Waals surface area (Å²) in [6.45, 7) is 0. The Morgan fingerprint density at radius 3 is 2.38 bits per heavy atom. The third-order valence-corrected chi connectivity index (χ3v) is 4.22. The fourth-order valence-electron chi connectivity index (χ4n) is 2.03. The molecular weight excluding hydrogens is 273 g/mol. The molecule has 13 heavy (non-hydrogen) atoms. The van der Waals surface area contributed by atoms with Crippen LogP contribution in [0.25, 0.3) is 0 Å². The summed E-state index contributed by atoms with van der Waals surface area (Å²) >= 11 is 2.60. The van der Waals surface area contributed by atoms with Gasteiger partial charge in [0.05, 0.1) is 3.92 Å². The number of hydrogen-bond donors (Lipinski definition) is 0. The summed E-state index contributed by atoms with van der Waals surface area (Å²) in [4.78, 5) is 0. The Morgan fingerprint density at radius 1 is 1.00 bits per heavy atom. The maximum absolute atomic E-state index is 2.60. The molecule has 1 nitrogen and oxygen atoms in total. The number of halogens is 1. The fraction of sp³-hybridized carbons (Fsp3) is 0.545. The first-order valence-corrected chi connectivity index (χ1v) is 6.22. The van der Waals surface area contributed by atoms with Crippen LogP contribution in [0.2, 0.25) is 0 Å². The van der Waals surface area contributed by atoms with Crippen LogP contribution in [0.1, 0.15) is 31.7 Å². The van der Waals surface area contributed by atoms with E-state index in [9.17, 15) is 0 Å². The standard InChI is InChI=1S/C11H15IN/c12-10-6-2-3-7-11(10)13-8-4-1-5-9-13/h1,4-5,8-11H,2-3,6-7H2/q+1. The van der Waals surface area contributed by atoms with Crippen molar-refractivity contribution in [2.24, 2.45) is 0 Å². The highest BCUT2D eigenvalue weighted by Crippen LogP contribution is 2.30. The maximum Gasteiger partial charge on any atom is 0.169 e. The molecule has 2 atom stereocenters. The van der Waals surface area contributed by atoms with Crippen LogP contribution in [-0.2, 0) is 0 Å². The number of rotatable bonds is 1. The molecule has 1 heterocycles. The van der Waals surface area contributed by atoms with E-state index in [2.05, 4.69) is 57.8 Å². The molecular formula is C11H15IN+. The van der Waals surface area contributed by atoms with Crippen molar-refractivity contribution in [3.63, 3.8) is 0 Å². The van der Waals surface area contributed by atoms with E-state index in [0.29, 0.717) is 0 Å². The highest BCUT2D eigenvalue weighted by atomic mass is 127. The third kappa shape index (κ3) is 2.22. The summed E-state index contributed by atoms with van der Waals surface area (Å²) in [5.41, 5.74) is 0. The minimum Gasteiger partial charge on any atom is -0.201 e. The van der Waals surface area contributed by atoms with Crippen LogP contribution < -0.4 is 4.57 Å². The molecule has 0 aliphatic heterocycles. The molecule has 1 aliphatic carbocycles. The monoisotopic (exact) mass is 288 g/mol. The van der Waals surface area contributed by atoms with Crippen molar-refractivity contribution >= 4 is 22.6 Å². The van der Waals surface area contributed by atoms with E-state index in [1.165, 1.54) is 25.7 Å². The fourth-order valence-corrected chi connectivity index (χ4v) is 3.21. The average Bonchev–Trinajstić information content (AvgIpc) is 2.20. The molecule has 1 aromatic heterocycles. The quantitative estimate of drug-likeness (QED) is 0.425. The Bertz CT molecular complexity index is 260. The molecule has 1 saturated carbocycles. The summed E-state index contributed by atoms with van der Waals surface area (Å²) in [5, 5.41) is 0. The molecule has 0 aromatic carbocycles. The van der Waals surface area contributed by atoms with Gasteiger partial charge in [-0.15, -0.1) is 0 Å². The Labute approximate surface area is 93.3 Å². The van der Waals surface area contributed by atoms with Crippen LogP contribution in [-0.4, -0.2) is 3.92 Å². The molecule has 0 spiro atoms. The smallest absolute Gasteiger partial charge is 0.169 e. The number of nitrogens with zero attached hydrogens (tertiary/aromatic N) is 1. The molecule has 70 valence electrons. The van der Waals surface area contributed by atoms with Gasteiger partial charge < -0.3 is 0 Å². The molecule has 0 bridgehead atoms. The lowest BCUT2D eigenvalue weighted by Gasteiger charge is -2.22. The van der Waals surface area contributed by atoms with E-state index in [4.69, 9.17) is 0 Å². The molecule has 0 N–H and O–H groups in total. The molecule has 1 aromatic rings. The molecule has 2 unspecified atom stereocenters. The normalized spacial score (nSPS) is 28.7. The summed E-state index contributed by atoms with van der Waals surface area (Å²) < 4.78 is 3.19. The SMILES string of the molecule is IC1CCCCC1[n+]1ccccc1. The zero-order chi connectivity index (χ0) is 9.10. The molecule has 0 saturated heterocycles. The second kappa shape index (κ2) is 4.40. The van der Waals surface area contributed by atoms with Crippen molar-refractivity contribution in [3.05, 3.63) is 30.6 Å². The molecule has 2 rings (SSSR count). The van der Waals surface area contributed by atoms with Gasteiger partial charge in [0.2, 0.25) is 0 Å². The number of pyridine rings is 1. The minimum atomic E-state index is 0.732. The summed E-state index contributed by atoms with van der Waals surface area (Å²) in [7, 11) is 0. The predicted octanol–water partition coefficient (Wildman–Crippen LogP) is 2.89. The first-order chi connectivity index (χ1) is 6.38. The Hall–Kier alpha value is -0.120. The molecule has 0 amide bonds. The minimum absolute atomic E-state index is 0.732. The van der Waals surface area contributed by atoms with Crippen LogP contribution in [0.5, 0.6) is 0 Å². The van der Waals surface area contributed by atoms with Crippen molar-refractivity contribution in [3.8, 4) is 0 Å². The average molecular weight is 288 g/mol. The van der Waals surface area contributed by atoms with E-state index < -0.39 is 0 Å². The Kier molecular flexibility index (Phi) is 3.19. The van der Waals surface area contributed by atoms with Gasteiger partial charge in [-0.1, -0.05) is 35.1 Å². The van der Waals surface area contributed by atoms with Crippen LogP contribution in [0.4, 0.5) is 0 Å². The highest BCUT2D eigenvalue weighted by Gasteiger charge is 2.29. The molecule has 2 heteroatoms. The van der Waals surface area contributed by atoms with Gasteiger partial charge in [0.15, 0.2) is 18.4 Å². The van der Waals surface area contributed by atoms with Gasteiger partial charge in [-0.05, 0) is 12.8 Å². The summed E-state index contributed by atoms with van der Waals surface area (Å²) in [5.74, 6) is 0. The van der Waals surface area contributed by atoms with Crippen molar-refractivity contribution in [1.29, 1.82) is 0 Å². The summed E-state index contributed by atoms with van der Waals surface area (Å²) in [6.07, 6.45) is 9.93. The third-order valence-electron chi connectivity index (χ3n) is 2.77. The van der Waals surface area contributed by atoms with E-state index in [1.807, 2.05) is 0 Å². The van der Waals surface area contributed by atoms with Gasteiger partial charge >= 0.3 is 0 Å². The van der Waals surface area contributed by atoms with E-state index in [1.54, 1.807) is 0 Å². The van der Waals surface area contributed by atoms with Crippen molar-refractivity contribution in [2.45, 2.75) is 35.6 Å². The lowest BCUT2D eigenvalue weighted by Crippen LogP contribution is -2.44. The van der Waals surface area contributed by atoms with Crippen LogP contribution >= 0.6 is 22.6 Å². The van der Waals surface area contributed by atoms with Gasteiger partial charge in [-0.3, -0.25) is 0 Å². The Balaban J connectivity index is 2.15. The second-order valence-corrected chi connectivity index (χ2v) is 5.29. The van der Waals surface area contributed by atoms with Gasteiger partial charge in [0.25, 0.3) is 0 Å². The van der Waals surface area contributed by atoms with Crippen molar-refractivity contribution in [2.75, 3.05) is 0 Å². The van der Waals surface area contributed by atoms with Gasteiger partial charge in [-0.25, -0.2) is 4.57 Å². The van der Waals surface area contributed by atoms with E-state index in [0.717, 1.165) is 9.97 Å². The first-order valence-electron chi connectivity index (χ1n) is 4.98. The van der Waals surface area contributed by atoms with Crippen LogP contribution in [0.15, 0.2) is 30.6 Å². The zero-order valence-corrected chi connectivity index (χ0v) is 9.85. The Morgan fingerprint density at radius 2 is 1.69 bits per heavy atom. The number of aromatic nitrogens is 1. The van der Waals surface area contributed by atoms with Crippen molar-refractivity contribution in [1.82, 2.24) is 0 Å². The number of alkyl halides is 1. The lowest BCUT2D eigenvalue weighted by molar-refractivity contribution is -0.723. The highest BCUT2D eigenvalue weighted by molar-refractivity contribution is 14.1. The van der Waals surface area contributed by atoms with Crippen LogP contribution in [0.3, 0.4) is 0 Å². The van der Waals surface area contributed by atoms with E-state index >= 15 is 0 Å². The predicted molar refractivity (Wildman–Crippen MR) is 62.0 cm³/mol. The van der Waals surface area contributed by atoms with Gasteiger partial charge in [0, 0.05) is 18.6 Å². The first kappa shape index (κ1) is 9.44. The van der Waals surface area contributed by atoms with Crippen LogP contribution in [0, 0.1) is 0 Å². The lowest BCUT2D eigenvalue weighted by atomic mass is 9.95. The molecule has 0 radical (unpaired) electrons. The topological polar surface area (TPSA) is 3.88 Å². The second-order valence-electron chi connectivity index (χ2n) is 3.69. The van der Waals surface area contributed by atoms with Gasteiger partial charge in [-0.2, -0.15) is 0 Å². The van der Waals surface area contributed by atoms with E-state index in [-0.39, 0.29) is 0 Å². The largest absolute Gasteiger partial charge is 0.201 e. The number of hydrogen-bond acceptors (Lipinski definition) is 0. The molecule has 1 fully saturated rings. The summed E-state index contributed by atoms with van der Waals surface area (Å²) in [6, 6.07) is 7.06. The maximum atomic E-state index is 2.60. The van der Waals surface area contributed by atoms with Gasteiger partial charge in [0.1, 0.15) is 0 Å².